The summed E-state index contributed by atoms with van der Waals surface area (Å²) >= 11 is 0. The molecule has 1 amide bonds. The van der Waals surface area contributed by atoms with Crippen LogP contribution in [0, 0.1) is 0 Å². The van der Waals surface area contributed by atoms with Gasteiger partial charge in [0.1, 0.15) is 24.1 Å². The Labute approximate surface area is 114 Å². The normalized spacial score (nSPS) is 15.8. The van der Waals surface area contributed by atoms with Crippen LogP contribution < -0.4 is 5.43 Å². The third-order valence-electron chi connectivity index (χ3n) is 2.47. The van der Waals surface area contributed by atoms with E-state index in [-0.39, 0.29) is 11.3 Å². The van der Waals surface area contributed by atoms with Gasteiger partial charge in [-0.1, -0.05) is 12.1 Å². The van der Waals surface area contributed by atoms with E-state index in [2.05, 4.69) is 5.10 Å². The van der Waals surface area contributed by atoms with Gasteiger partial charge in [-0.2, -0.15) is 5.10 Å². The molecule has 0 saturated carbocycles. The standard InChI is InChI=1S/C12H16N2O6/c15-6-10(18)11(19)9(17)5-13-14-12(20)7-3-1-2-4-8(7)16/h1-5,9-11,15-19H,6H2,(H,14,20)/b13-5-/t9-,10+,11-/m0/s1. The lowest BCUT2D eigenvalue weighted by Gasteiger charge is -2.17. The maximum atomic E-state index is 11.6. The summed E-state index contributed by atoms with van der Waals surface area (Å²) in [6.07, 6.45) is -3.93. The molecule has 1 aromatic rings. The number of amides is 1. The smallest absolute Gasteiger partial charge is 0.275 e. The van der Waals surface area contributed by atoms with Gasteiger partial charge in [-0.3, -0.25) is 4.79 Å². The van der Waals surface area contributed by atoms with E-state index in [0.29, 0.717) is 0 Å². The zero-order chi connectivity index (χ0) is 15.1. The SMILES string of the molecule is O=C(N/N=C\[C@H](O)[C@H](O)[C@H](O)CO)c1ccccc1O. The molecule has 8 heteroatoms. The van der Waals surface area contributed by atoms with Gasteiger partial charge in [-0.15, -0.1) is 0 Å². The zero-order valence-corrected chi connectivity index (χ0v) is 10.4. The van der Waals surface area contributed by atoms with E-state index in [9.17, 15) is 20.1 Å². The molecule has 0 aromatic heterocycles. The first-order valence-electron chi connectivity index (χ1n) is 5.74. The summed E-state index contributed by atoms with van der Waals surface area (Å²) in [6, 6.07) is 5.80. The predicted molar refractivity (Wildman–Crippen MR) is 69.2 cm³/mol. The minimum absolute atomic E-state index is 0.00455. The van der Waals surface area contributed by atoms with E-state index in [4.69, 9.17) is 10.2 Å². The quantitative estimate of drug-likeness (QED) is 0.268. The number of carbonyl (C=O) groups excluding carboxylic acids is 1. The summed E-state index contributed by atoms with van der Waals surface area (Å²) in [5.74, 6) is -0.930. The number of benzene rings is 1. The number of aliphatic hydroxyl groups excluding tert-OH is 4. The molecule has 0 radical (unpaired) electrons. The molecule has 8 nitrogen and oxygen atoms in total. The molecule has 1 aromatic carbocycles. The molecule has 0 saturated heterocycles. The maximum Gasteiger partial charge on any atom is 0.275 e. The van der Waals surface area contributed by atoms with Gasteiger partial charge in [-0.25, -0.2) is 5.43 Å². The Bertz CT molecular complexity index is 479. The van der Waals surface area contributed by atoms with Crippen LogP contribution in [0.2, 0.25) is 0 Å². The zero-order valence-electron chi connectivity index (χ0n) is 10.4. The van der Waals surface area contributed by atoms with Crippen LogP contribution in [0.3, 0.4) is 0 Å². The number of aliphatic hydroxyl groups is 4. The highest BCUT2D eigenvalue weighted by Gasteiger charge is 2.22. The lowest BCUT2D eigenvalue weighted by molar-refractivity contribution is -0.0542. The molecule has 0 aliphatic heterocycles. The number of para-hydroxylation sites is 1. The van der Waals surface area contributed by atoms with Crippen LogP contribution in [-0.4, -0.2) is 62.6 Å². The van der Waals surface area contributed by atoms with Crippen molar-refractivity contribution in [3.63, 3.8) is 0 Å². The highest BCUT2D eigenvalue weighted by Crippen LogP contribution is 2.14. The number of nitrogens with zero attached hydrogens (tertiary/aromatic N) is 1. The van der Waals surface area contributed by atoms with Crippen LogP contribution in [0.15, 0.2) is 29.4 Å². The van der Waals surface area contributed by atoms with Crippen LogP contribution in [-0.2, 0) is 0 Å². The summed E-state index contributed by atoms with van der Waals surface area (Å²) < 4.78 is 0. The van der Waals surface area contributed by atoms with Gasteiger partial charge in [0, 0.05) is 0 Å². The fourth-order valence-electron chi connectivity index (χ4n) is 1.32. The van der Waals surface area contributed by atoms with Crippen LogP contribution in [0.4, 0.5) is 0 Å². The van der Waals surface area contributed by atoms with Crippen molar-refractivity contribution in [2.45, 2.75) is 18.3 Å². The second-order valence-electron chi connectivity index (χ2n) is 3.97. The third kappa shape index (κ3) is 4.28. The van der Waals surface area contributed by atoms with Gasteiger partial charge < -0.3 is 25.5 Å². The Kier molecular flexibility index (Phi) is 6.07. The van der Waals surface area contributed by atoms with Crippen LogP contribution in [0.1, 0.15) is 10.4 Å². The van der Waals surface area contributed by atoms with Crippen LogP contribution in [0.5, 0.6) is 5.75 Å². The average molecular weight is 284 g/mol. The second-order valence-corrected chi connectivity index (χ2v) is 3.97. The minimum Gasteiger partial charge on any atom is -0.507 e. The molecule has 1 rings (SSSR count). The molecule has 0 heterocycles. The molecule has 3 atom stereocenters. The number of hydrogen-bond donors (Lipinski definition) is 6. The van der Waals surface area contributed by atoms with Gasteiger partial charge >= 0.3 is 0 Å². The van der Waals surface area contributed by atoms with Crippen molar-refractivity contribution in [1.29, 1.82) is 0 Å². The van der Waals surface area contributed by atoms with Crippen molar-refractivity contribution in [3.8, 4) is 5.75 Å². The van der Waals surface area contributed by atoms with Gasteiger partial charge in [0.2, 0.25) is 0 Å². The lowest BCUT2D eigenvalue weighted by atomic mass is 10.1. The van der Waals surface area contributed by atoms with Gasteiger partial charge in [0.15, 0.2) is 0 Å². The summed E-state index contributed by atoms with van der Waals surface area (Å²) in [5, 5.41) is 49.2. The van der Waals surface area contributed by atoms with Crippen molar-refractivity contribution in [2.24, 2.45) is 5.10 Å². The number of carbonyl (C=O) groups is 1. The number of phenols is 1. The summed E-state index contributed by atoms with van der Waals surface area (Å²) in [4.78, 5) is 11.6. The average Bonchev–Trinajstić information content (AvgIpc) is 2.45. The molecular weight excluding hydrogens is 268 g/mol. The Morgan fingerprint density at radius 1 is 1.30 bits per heavy atom. The number of rotatable bonds is 6. The number of nitrogens with one attached hydrogen (secondary N) is 1. The van der Waals surface area contributed by atoms with E-state index < -0.39 is 30.8 Å². The molecule has 0 unspecified atom stereocenters. The van der Waals surface area contributed by atoms with Gasteiger partial charge in [0.05, 0.1) is 18.4 Å². The monoisotopic (exact) mass is 284 g/mol. The van der Waals surface area contributed by atoms with E-state index in [1.807, 2.05) is 5.43 Å². The first kappa shape index (κ1) is 16.1. The van der Waals surface area contributed by atoms with Gasteiger partial charge in [0.25, 0.3) is 5.91 Å². The highest BCUT2D eigenvalue weighted by molar-refractivity contribution is 5.96. The fraction of sp³-hybridized carbons (Fsp3) is 0.333. The Morgan fingerprint density at radius 3 is 2.55 bits per heavy atom. The second kappa shape index (κ2) is 7.56. The molecule has 110 valence electrons. The molecule has 0 spiro atoms. The third-order valence-corrected chi connectivity index (χ3v) is 2.47. The number of aromatic hydroxyl groups is 1. The van der Waals surface area contributed by atoms with Crippen molar-refractivity contribution in [1.82, 2.24) is 5.43 Å². The topological polar surface area (TPSA) is 143 Å². The number of phenolic OH excluding ortho intramolecular Hbond substituents is 1. The molecule has 20 heavy (non-hydrogen) atoms. The molecule has 6 N–H and O–H groups in total. The van der Waals surface area contributed by atoms with Crippen LogP contribution >= 0.6 is 0 Å². The Morgan fingerprint density at radius 2 is 1.95 bits per heavy atom. The van der Waals surface area contributed by atoms with E-state index in [1.165, 1.54) is 12.1 Å². The fourth-order valence-corrected chi connectivity index (χ4v) is 1.32. The molecule has 0 aliphatic carbocycles. The number of hydrogen-bond acceptors (Lipinski definition) is 7. The Balaban J connectivity index is 2.57. The summed E-state index contributed by atoms with van der Waals surface area (Å²) in [6.45, 7) is -0.726. The summed E-state index contributed by atoms with van der Waals surface area (Å²) in [7, 11) is 0. The molecule has 0 aliphatic rings. The van der Waals surface area contributed by atoms with E-state index >= 15 is 0 Å². The van der Waals surface area contributed by atoms with Crippen LogP contribution in [0.25, 0.3) is 0 Å². The highest BCUT2D eigenvalue weighted by atomic mass is 16.4. The van der Waals surface area contributed by atoms with Crippen molar-refractivity contribution < 1.29 is 30.3 Å². The van der Waals surface area contributed by atoms with Crippen molar-refractivity contribution in [3.05, 3.63) is 29.8 Å². The first-order chi connectivity index (χ1) is 9.47. The first-order valence-corrected chi connectivity index (χ1v) is 5.74. The number of hydrazone groups is 1. The predicted octanol–water partition coefficient (Wildman–Crippen LogP) is -1.82. The molecular formula is C12H16N2O6. The lowest BCUT2D eigenvalue weighted by Crippen LogP contribution is -2.40. The van der Waals surface area contributed by atoms with E-state index in [0.717, 1.165) is 6.21 Å². The van der Waals surface area contributed by atoms with Crippen molar-refractivity contribution in [2.75, 3.05) is 6.61 Å². The minimum atomic E-state index is -1.63. The largest absolute Gasteiger partial charge is 0.507 e. The van der Waals surface area contributed by atoms with E-state index in [1.54, 1.807) is 12.1 Å². The van der Waals surface area contributed by atoms with Crippen molar-refractivity contribution >= 4 is 12.1 Å². The summed E-state index contributed by atoms with van der Waals surface area (Å²) in [5.41, 5.74) is 2.03. The Hall–Kier alpha value is -2.00. The van der Waals surface area contributed by atoms with Gasteiger partial charge in [-0.05, 0) is 12.1 Å². The maximum absolute atomic E-state index is 11.6. The molecule has 0 bridgehead atoms. The molecule has 0 fully saturated rings.